The Balaban J connectivity index is 3.11. The average molecular weight is 215 g/mol. The van der Waals surface area contributed by atoms with Crippen LogP contribution in [-0.2, 0) is 0 Å². The van der Waals surface area contributed by atoms with E-state index in [2.05, 4.69) is 32.9 Å². The first kappa shape index (κ1) is 14.1. The van der Waals surface area contributed by atoms with Gasteiger partial charge in [0.2, 0.25) is 0 Å². The first-order valence-corrected chi connectivity index (χ1v) is 6.76. The molecular weight excluding hydrogens is 190 g/mol. The number of rotatable bonds is 8. The zero-order chi connectivity index (χ0) is 10.8. The highest BCUT2D eigenvalue weighted by Gasteiger charge is 1.92. The number of hydrogen-bond donors (Lipinski definition) is 1. The molecule has 14 heavy (non-hydrogen) atoms. The Labute approximate surface area is 93.5 Å². The van der Waals surface area contributed by atoms with Gasteiger partial charge in [0.15, 0.2) is 0 Å². The molecule has 0 aliphatic carbocycles. The number of thioether (sulfide) groups is 1. The van der Waals surface area contributed by atoms with Gasteiger partial charge in [0.05, 0.1) is 0 Å². The summed E-state index contributed by atoms with van der Waals surface area (Å²) in [4.78, 5) is 0. The molecule has 0 saturated heterocycles. The SMILES string of the molecule is CC(C)CC/C=C/CSCC[C@@H](C)N. The van der Waals surface area contributed by atoms with Gasteiger partial charge in [-0.25, -0.2) is 0 Å². The lowest BCUT2D eigenvalue weighted by Crippen LogP contribution is -2.15. The summed E-state index contributed by atoms with van der Waals surface area (Å²) in [6.07, 6.45) is 8.25. The van der Waals surface area contributed by atoms with Gasteiger partial charge in [0.25, 0.3) is 0 Å². The summed E-state index contributed by atoms with van der Waals surface area (Å²) in [6.45, 7) is 6.61. The zero-order valence-corrected chi connectivity index (χ0v) is 10.6. The van der Waals surface area contributed by atoms with Crippen molar-refractivity contribution in [1.29, 1.82) is 0 Å². The zero-order valence-electron chi connectivity index (χ0n) is 9.83. The second-order valence-corrected chi connectivity index (χ2v) is 5.43. The van der Waals surface area contributed by atoms with Gasteiger partial charge >= 0.3 is 0 Å². The van der Waals surface area contributed by atoms with Crippen LogP contribution in [0.2, 0.25) is 0 Å². The van der Waals surface area contributed by atoms with E-state index in [0.717, 1.165) is 18.1 Å². The molecule has 0 fully saturated rings. The summed E-state index contributed by atoms with van der Waals surface area (Å²) in [5, 5.41) is 0. The fourth-order valence-electron chi connectivity index (χ4n) is 1.04. The molecule has 0 rings (SSSR count). The lowest BCUT2D eigenvalue weighted by atomic mass is 10.1. The van der Waals surface area contributed by atoms with Crippen LogP contribution in [0, 0.1) is 5.92 Å². The summed E-state index contributed by atoms with van der Waals surface area (Å²) >= 11 is 1.97. The topological polar surface area (TPSA) is 26.0 Å². The lowest BCUT2D eigenvalue weighted by Gasteiger charge is -2.02. The molecule has 0 bridgehead atoms. The highest BCUT2D eigenvalue weighted by Crippen LogP contribution is 2.07. The van der Waals surface area contributed by atoms with Crippen molar-refractivity contribution >= 4 is 11.8 Å². The van der Waals surface area contributed by atoms with Crippen LogP contribution in [0.3, 0.4) is 0 Å². The Morgan fingerprint density at radius 3 is 2.43 bits per heavy atom. The second-order valence-electron chi connectivity index (χ2n) is 4.28. The largest absolute Gasteiger partial charge is 0.328 e. The van der Waals surface area contributed by atoms with Crippen LogP contribution in [-0.4, -0.2) is 17.5 Å². The highest BCUT2D eigenvalue weighted by molar-refractivity contribution is 7.99. The Morgan fingerprint density at radius 1 is 1.14 bits per heavy atom. The first-order chi connectivity index (χ1) is 6.63. The molecule has 0 aromatic rings. The van der Waals surface area contributed by atoms with E-state index < -0.39 is 0 Å². The molecular formula is C12H25NS. The molecule has 0 amide bonds. The molecule has 0 aliphatic heterocycles. The van der Waals surface area contributed by atoms with E-state index in [1.54, 1.807) is 0 Å². The minimum Gasteiger partial charge on any atom is -0.328 e. The third kappa shape index (κ3) is 12.0. The predicted molar refractivity (Wildman–Crippen MR) is 68.8 cm³/mol. The predicted octanol–water partition coefficient (Wildman–Crippen LogP) is 3.45. The first-order valence-electron chi connectivity index (χ1n) is 5.61. The smallest absolute Gasteiger partial charge is 0.0113 e. The summed E-state index contributed by atoms with van der Waals surface area (Å²) in [7, 11) is 0. The van der Waals surface area contributed by atoms with E-state index in [-0.39, 0.29) is 0 Å². The van der Waals surface area contributed by atoms with Crippen molar-refractivity contribution in [3.05, 3.63) is 12.2 Å². The Hall–Kier alpha value is 0.0500. The van der Waals surface area contributed by atoms with Gasteiger partial charge in [-0.15, -0.1) is 0 Å². The van der Waals surface area contributed by atoms with Crippen LogP contribution in [0.4, 0.5) is 0 Å². The van der Waals surface area contributed by atoms with E-state index in [1.807, 2.05) is 11.8 Å². The van der Waals surface area contributed by atoms with Crippen LogP contribution in [0.5, 0.6) is 0 Å². The van der Waals surface area contributed by atoms with Crippen molar-refractivity contribution in [2.75, 3.05) is 11.5 Å². The minimum atomic E-state index is 0.354. The minimum absolute atomic E-state index is 0.354. The van der Waals surface area contributed by atoms with Crippen molar-refractivity contribution < 1.29 is 0 Å². The molecule has 0 spiro atoms. The summed E-state index contributed by atoms with van der Waals surface area (Å²) < 4.78 is 0. The highest BCUT2D eigenvalue weighted by atomic mass is 32.2. The van der Waals surface area contributed by atoms with Gasteiger partial charge in [-0.1, -0.05) is 26.0 Å². The fraction of sp³-hybridized carbons (Fsp3) is 0.833. The van der Waals surface area contributed by atoms with Gasteiger partial charge in [-0.05, 0) is 37.9 Å². The molecule has 0 saturated carbocycles. The molecule has 0 aromatic carbocycles. The van der Waals surface area contributed by atoms with E-state index >= 15 is 0 Å². The molecule has 0 unspecified atom stereocenters. The van der Waals surface area contributed by atoms with Crippen LogP contribution in [0.1, 0.15) is 40.0 Å². The maximum atomic E-state index is 5.66. The molecule has 0 heterocycles. The lowest BCUT2D eigenvalue weighted by molar-refractivity contribution is 0.594. The molecule has 0 aliphatic rings. The molecule has 2 N–H and O–H groups in total. The monoisotopic (exact) mass is 215 g/mol. The van der Waals surface area contributed by atoms with Crippen molar-refractivity contribution in [1.82, 2.24) is 0 Å². The molecule has 0 radical (unpaired) electrons. The maximum absolute atomic E-state index is 5.66. The maximum Gasteiger partial charge on any atom is 0.0113 e. The summed E-state index contributed by atoms with van der Waals surface area (Å²) in [6, 6.07) is 0.354. The Kier molecular flexibility index (Phi) is 9.63. The standard InChI is InChI=1S/C12H25NS/c1-11(2)7-5-4-6-9-14-10-8-12(3)13/h4,6,11-12H,5,7-10,13H2,1-3H3/b6-4+/t12-/m1/s1. The molecule has 2 heteroatoms. The average Bonchev–Trinajstić information content (AvgIpc) is 2.08. The second kappa shape index (κ2) is 9.60. The normalized spacial score (nSPS) is 14.1. The van der Waals surface area contributed by atoms with Crippen LogP contribution in [0.15, 0.2) is 12.2 Å². The van der Waals surface area contributed by atoms with Gasteiger partial charge in [-0.3, -0.25) is 0 Å². The van der Waals surface area contributed by atoms with E-state index in [4.69, 9.17) is 5.73 Å². The van der Waals surface area contributed by atoms with Crippen LogP contribution >= 0.6 is 11.8 Å². The van der Waals surface area contributed by atoms with Crippen molar-refractivity contribution in [3.8, 4) is 0 Å². The van der Waals surface area contributed by atoms with E-state index in [0.29, 0.717) is 6.04 Å². The number of nitrogens with two attached hydrogens (primary N) is 1. The van der Waals surface area contributed by atoms with Crippen molar-refractivity contribution in [2.24, 2.45) is 11.7 Å². The van der Waals surface area contributed by atoms with E-state index in [9.17, 15) is 0 Å². The Bertz CT molecular complexity index is 141. The summed E-state index contributed by atoms with van der Waals surface area (Å²) in [5.74, 6) is 3.15. The molecule has 0 aromatic heterocycles. The quantitative estimate of drug-likeness (QED) is 0.496. The van der Waals surface area contributed by atoms with Gasteiger partial charge < -0.3 is 5.73 Å². The van der Waals surface area contributed by atoms with Gasteiger partial charge in [0, 0.05) is 11.8 Å². The van der Waals surface area contributed by atoms with Gasteiger partial charge in [-0.2, -0.15) is 11.8 Å². The molecule has 1 nitrogen and oxygen atoms in total. The molecule has 84 valence electrons. The molecule has 1 atom stereocenters. The Morgan fingerprint density at radius 2 is 1.86 bits per heavy atom. The number of allylic oxidation sites excluding steroid dienone is 1. The third-order valence-corrected chi connectivity index (χ3v) is 2.96. The summed E-state index contributed by atoms with van der Waals surface area (Å²) in [5.41, 5.74) is 5.66. The van der Waals surface area contributed by atoms with Crippen LogP contribution in [0.25, 0.3) is 0 Å². The number of hydrogen-bond acceptors (Lipinski definition) is 2. The van der Waals surface area contributed by atoms with Crippen LogP contribution < -0.4 is 5.73 Å². The fourth-order valence-corrected chi connectivity index (χ4v) is 2.01. The third-order valence-electron chi connectivity index (χ3n) is 2.01. The van der Waals surface area contributed by atoms with Gasteiger partial charge in [0.1, 0.15) is 0 Å². The van der Waals surface area contributed by atoms with E-state index in [1.165, 1.54) is 18.6 Å². The van der Waals surface area contributed by atoms with Crippen molar-refractivity contribution in [2.45, 2.75) is 46.1 Å². The van der Waals surface area contributed by atoms with Crippen molar-refractivity contribution in [3.63, 3.8) is 0 Å².